The molecule has 0 fully saturated rings. The van der Waals surface area contributed by atoms with E-state index in [9.17, 15) is 13.2 Å². The highest BCUT2D eigenvalue weighted by atomic mass is 32.2. The van der Waals surface area contributed by atoms with Gasteiger partial charge in [-0.15, -0.1) is 0 Å². The smallest absolute Gasteiger partial charge is 0.244 e. The molecule has 2 aromatic carbocycles. The number of fused-ring (bicyclic) bond motifs is 1. The molecule has 0 unspecified atom stereocenters. The molecule has 0 heterocycles. The van der Waals surface area contributed by atoms with Crippen molar-refractivity contribution in [2.24, 2.45) is 0 Å². The van der Waals surface area contributed by atoms with Crippen LogP contribution in [0.3, 0.4) is 0 Å². The Morgan fingerprint density at radius 3 is 2.39 bits per heavy atom. The fraction of sp³-hybridized carbons (Fsp3) is 0.458. The van der Waals surface area contributed by atoms with E-state index in [0.717, 1.165) is 24.7 Å². The number of nitrogens with zero attached hydrogens (tertiary/aromatic N) is 1. The molecule has 2 atom stereocenters. The van der Waals surface area contributed by atoms with Crippen molar-refractivity contribution < 1.29 is 17.9 Å². The van der Waals surface area contributed by atoms with Crippen LogP contribution in [0.2, 0.25) is 0 Å². The molecule has 7 heteroatoms. The van der Waals surface area contributed by atoms with E-state index < -0.39 is 16.1 Å². The molecule has 0 spiro atoms. The summed E-state index contributed by atoms with van der Waals surface area (Å²) in [7, 11) is -3.68. The van der Waals surface area contributed by atoms with Gasteiger partial charge in [0.2, 0.25) is 15.9 Å². The average molecular weight is 445 g/mol. The Bertz CT molecular complexity index is 1020. The van der Waals surface area contributed by atoms with Crippen molar-refractivity contribution in [2.45, 2.75) is 58.5 Å². The lowest BCUT2D eigenvalue weighted by Gasteiger charge is -2.31. The predicted octanol–water partition coefficient (Wildman–Crippen LogP) is 4.00. The van der Waals surface area contributed by atoms with Crippen molar-refractivity contribution in [3.8, 4) is 5.75 Å². The van der Waals surface area contributed by atoms with Crippen molar-refractivity contribution >= 4 is 21.6 Å². The monoisotopic (exact) mass is 444 g/mol. The second-order valence-electron chi connectivity index (χ2n) is 8.02. The number of amides is 1. The molecule has 6 nitrogen and oxygen atoms in total. The maximum atomic E-state index is 13.2. The summed E-state index contributed by atoms with van der Waals surface area (Å²) in [4.78, 5) is 13.2. The van der Waals surface area contributed by atoms with Gasteiger partial charge in [0.1, 0.15) is 11.8 Å². The van der Waals surface area contributed by atoms with E-state index in [-0.39, 0.29) is 11.9 Å². The summed E-state index contributed by atoms with van der Waals surface area (Å²) in [5.74, 6) is 0.345. The minimum atomic E-state index is -3.68. The van der Waals surface area contributed by atoms with Crippen LogP contribution >= 0.6 is 0 Å². The van der Waals surface area contributed by atoms with E-state index in [1.54, 1.807) is 24.3 Å². The standard InChI is InChI=1S/C24H32N2O4S/c1-5-23(26(31(4,28)29)21-12-14-22(15-13-21)30-6-2)24(27)25-17(3)19-11-10-18-8-7-9-20(18)16-19/h10-17,23H,5-9H2,1-4H3,(H,25,27)/t17-,23-/m1/s1. The van der Waals surface area contributed by atoms with E-state index >= 15 is 0 Å². The summed E-state index contributed by atoms with van der Waals surface area (Å²) >= 11 is 0. The van der Waals surface area contributed by atoms with Gasteiger partial charge < -0.3 is 10.1 Å². The van der Waals surface area contributed by atoms with Gasteiger partial charge in [-0.1, -0.05) is 25.1 Å². The van der Waals surface area contributed by atoms with Crippen LogP contribution in [0.1, 0.15) is 56.3 Å². The number of sulfonamides is 1. The molecule has 0 bridgehead atoms. The Labute approximate surface area is 185 Å². The zero-order valence-corrected chi connectivity index (χ0v) is 19.5. The van der Waals surface area contributed by atoms with Gasteiger partial charge in [-0.25, -0.2) is 8.42 Å². The molecule has 31 heavy (non-hydrogen) atoms. The van der Waals surface area contributed by atoms with Crippen LogP contribution in [-0.4, -0.2) is 33.2 Å². The third kappa shape index (κ3) is 5.39. The molecular formula is C24H32N2O4S. The first-order chi connectivity index (χ1) is 14.7. The first-order valence-electron chi connectivity index (χ1n) is 10.9. The average Bonchev–Trinajstić information content (AvgIpc) is 3.19. The third-order valence-corrected chi connectivity index (χ3v) is 6.89. The van der Waals surface area contributed by atoms with Crippen molar-refractivity contribution in [3.05, 3.63) is 59.2 Å². The molecule has 0 saturated carbocycles. The molecule has 1 aliphatic rings. The molecule has 1 N–H and O–H groups in total. The minimum absolute atomic E-state index is 0.214. The number of nitrogens with one attached hydrogen (secondary N) is 1. The fourth-order valence-corrected chi connectivity index (χ4v) is 5.38. The van der Waals surface area contributed by atoms with Gasteiger partial charge in [-0.05, 0) is 80.5 Å². The number of carbonyl (C=O) groups is 1. The summed E-state index contributed by atoms with van der Waals surface area (Å²) in [6.45, 7) is 6.16. The molecule has 1 aliphatic carbocycles. The molecule has 2 aromatic rings. The van der Waals surface area contributed by atoms with Crippen LogP contribution < -0.4 is 14.4 Å². The third-order valence-electron chi connectivity index (χ3n) is 5.71. The number of ether oxygens (including phenoxy) is 1. The van der Waals surface area contributed by atoms with E-state index in [1.165, 1.54) is 21.9 Å². The quantitative estimate of drug-likeness (QED) is 0.634. The summed E-state index contributed by atoms with van der Waals surface area (Å²) in [5, 5.41) is 3.02. The van der Waals surface area contributed by atoms with Gasteiger partial charge in [0.15, 0.2) is 0 Å². The molecule has 168 valence electrons. The van der Waals surface area contributed by atoms with Crippen LogP contribution in [0.4, 0.5) is 5.69 Å². The van der Waals surface area contributed by atoms with Gasteiger partial charge in [0.25, 0.3) is 0 Å². The summed E-state index contributed by atoms with van der Waals surface area (Å²) in [5.41, 5.74) is 4.21. The molecule has 1 amide bonds. The number of hydrogen-bond donors (Lipinski definition) is 1. The summed E-state index contributed by atoms with van der Waals surface area (Å²) in [6.07, 6.45) is 4.83. The van der Waals surface area contributed by atoms with Gasteiger partial charge in [0, 0.05) is 0 Å². The lowest BCUT2D eigenvalue weighted by Crippen LogP contribution is -2.49. The van der Waals surface area contributed by atoms with Crippen LogP contribution in [0.15, 0.2) is 42.5 Å². The molecular weight excluding hydrogens is 412 g/mol. The Morgan fingerprint density at radius 2 is 1.77 bits per heavy atom. The van der Waals surface area contributed by atoms with Crippen LogP contribution in [-0.2, 0) is 27.7 Å². The number of hydrogen-bond acceptors (Lipinski definition) is 4. The van der Waals surface area contributed by atoms with Crippen LogP contribution in [0.5, 0.6) is 5.75 Å². The van der Waals surface area contributed by atoms with Gasteiger partial charge in [-0.3, -0.25) is 9.10 Å². The number of carbonyl (C=O) groups excluding carboxylic acids is 1. The molecule has 3 rings (SSSR count). The topological polar surface area (TPSA) is 75.7 Å². The van der Waals surface area contributed by atoms with Crippen LogP contribution in [0, 0.1) is 0 Å². The molecule has 0 saturated heterocycles. The summed E-state index contributed by atoms with van der Waals surface area (Å²) < 4.78 is 31.9. The second-order valence-corrected chi connectivity index (χ2v) is 9.88. The number of rotatable bonds is 9. The number of benzene rings is 2. The highest BCUT2D eigenvalue weighted by Crippen LogP contribution is 2.27. The Morgan fingerprint density at radius 1 is 1.10 bits per heavy atom. The summed E-state index contributed by atoms with van der Waals surface area (Å²) in [6, 6.07) is 12.1. The zero-order valence-electron chi connectivity index (χ0n) is 18.7. The fourth-order valence-electron chi connectivity index (χ4n) is 4.17. The van der Waals surface area contributed by atoms with E-state index in [2.05, 4.69) is 23.5 Å². The van der Waals surface area contributed by atoms with Crippen molar-refractivity contribution in [3.63, 3.8) is 0 Å². The van der Waals surface area contributed by atoms with Crippen molar-refractivity contribution in [1.82, 2.24) is 5.32 Å². The van der Waals surface area contributed by atoms with Crippen molar-refractivity contribution in [2.75, 3.05) is 17.2 Å². The molecule has 0 radical (unpaired) electrons. The lowest BCUT2D eigenvalue weighted by atomic mass is 10.0. The Kier molecular flexibility index (Phi) is 7.26. The Balaban J connectivity index is 1.81. The predicted molar refractivity (Wildman–Crippen MR) is 124 cm³/mol. The first kappa shape index (κ1) is 23.1. The SMILES string of the molecule is CCOc1ccc(N([C@H](CC)C(=O)N[C@H](C)c2ccc3c(c2)CCC3)S(C)(=O)=O)cc1. The van der Waals surface area contributed by atoms with Gasteiger partial charge in [-0.2, -0.15) is 0 Å². The highest BCUT2D eigenvalue weighted by molar-refractivity contribution is 7.92. The molecule has 0 aliphatic heterocycles. The van der Waals surface area contributed by atoms with Crippen molar-refractivity contribution in [1.29, 1.82) is 0 Å². The lowest BCUT2D eigenvalue weighted by molar-refractivity contribution is -0.122. The largest absolute Gasteiger partial charge is 0.494 e. The second kappa shape index (κ2) is 9.73. The normalized spacial score (nSPS) is 15.1. The van der Waals surface area contributed by atoms with E-state index in [1.807, 2.05) is 20.8 Å². The van der Waals surface area contributed by atoms with Gasteiger partial charge in [0.05, 0.1) is 24.6 Å². The van der Waals surface area contributed by atoms with Crippen LogP contribution in [0.25, 0.3) is 0 Å². The highest BCUT2D eigenvalue weighted by Gasteiger charge is 2.32. The Hall–Kier alpha value is -2.54. The zero-order chi connectivity index (χ0) is 22.6. The first-order valence-corrected chi connectivity index (χ1v) is 12.7. The maximum absolute atomic E-state index is 13.2. The number of anilines is 1. The minimum Gasteiger partial charge on any atom is -0.494 e. The molecule has 0 aromatic heterocycles. The van der Waals surface area contributed by atoms with Gasteiger partial charge >= 0.3 is 0 Å². The van der Waals surface area contributed by atoms with E-state index in [4.69, 9.17) is 4.74 Å². The number of aryl methyl sites for hydroxylation is 2. The maximum Gasteiger partial charge on any atom is 0.244 e. The van der Waals surface area contributed by atoms with E-state index in [0.29, 0.717) is 24.5 Å².